The molecule has 0 saturated carbocycles. The highest BCUT2D eigenvalue weighted by Crippen LogP contribution is 2.30. The van der Waals surface area contributed by atoms with E-state index in [2.05, 4.69) is 5.32 Å². The van der Waals surface area contributed by atoms with Crippen molar-refractivity contribution in [2.45, 2.75) is 39.3 Å². The summed E-state index contributed by atoms with van der Waals surface area (Å²) in [6.45, 7) is 7.16. The van der Waals surface area contributed by atoms with Crippen LogP contribution in [0.4, 0.5) is 5.69 Å². The zero-order valence-corrected chi connectivity index (χ0v) is 22.2. The fraction of sp³-hybridized carbons (Fsp3) is 0.200. The normalized spacial score (nSPS) is 12.1. The Hall–Kier alpha value is -4.23. The SMILES string of the molecule is Cc1ccc2occ(C(C(=O)NC(C)(C)C)N(C(=O)C(=O)c3ccccc3)c3ccc(Cl)cc3)c(=O)c2c1. The van der Waals surface area contributed by atoms with Crippen molar-refractivity contribution in [3.05, 3.63) is 111 Å². The molecule has 0 bridgehead atoms. The second kappa shape index (κ2) is 10.6. The quantitative estimate of drug-likeness (QED) is 0.257. The first-order chi connectivity index (χ1) is 18.0. The highest BCUT2D eigenvalue weighted by Gasteiger charge is 2.39. The molecule has 0 radical (unpaired) electrons. The second-order valence-electron chi connectivity index (χ2n) is 10.0. The Morgan fingerprint density at radius 2 is 1.61 bits per heavy atom. The van der Waals surface area contributed by atoms with Crippen LogP contribution in [0.1, 0.15) is 48.3 Å². The average molecular weight is 531 g/mol. The van der Waals surface area contributed by atoms with Crippen molar-refractivity contribution >= 4 is 45.9 Å². The van der Waals surface area contributed by atoms with E-state index >= 15 is 0 Å². The summed E-state index contributed by atoms with van der Waals surface area (Å²) in [5, 5.41) is 3.50. The van der Waals surface area contributed by atoms with Crippen LogP contribution < -0.4 is 15.6 Å². The molecule has 1 atom stereocenters. The summed E-state index contributed by atoms with van der Waals surface area (Å²) in [6, 6.07) is 17.7. The van der Waals surface area contributed by atoms with Gasteiger partial charge in [0.1, 0.15) is 17.9 Å². The molecule has 1 unspecified atom stereocenters. The molecule has 1 N–H and O–H groups in total. The van der Waals surface area contributed by atoms with Gasteiger partial charge in [0.25, 0.3) is 11.7 Å². The van der Waals surface area contributed by atoms with Gasteiger partial charge in [0.05, 0.1) is 10.9 Å². The summed E-state index contributed by atoms with van der Waals surface area (Å²) in [5.74, 6) is -2.48. The highest BCUT2D eigenvalue weighted by molar-refractivity contribution is 6.47. The van der Waals surface area contributed by atoms with Crippen LogP contribution in [0.25, 0.3) is 11.0 Å². The summed E-state index contributed by atoms with van der Waals surface area (Å²) in [6.07, 6.45) is 1.18. The van der Waals surface area contributed by atoms with Crippen molar-refractivity contribution < 1.29 is 18.8 Å². The molecule has 0 aliphatic carbocycles. The molecule has 0 fully saturated rings. The highest BCUT2D eigenvalue weighted by atomic mass is 35.5. The molecule has 1 aromatic heterocycles. The number of fused-ring (bicyclic) bond motifs is 1. The Morgan fingerprint density at radius 1 is 0.947 bits per heavy atom. The number of Topliss-reactive ketones (excluding diaryl/α,β-unsaturated/α-hetero) is 1. The molecule has 1 heterocycles. The fourth-order valence-corrected chi connectivity index (χ4v) is 4.22. The lowest BCUT2D eigenvalue weighted by Crippen LogP contribution is -2.51. The van der Waals surface area contributed by atoms with Gasteiger partial charge in [-0.15, -0.1) is 0 Å². The van der Waals surface area contributed by atoms with Gasteiger partial charge in [-0.05, 0) is 64.1 Å². The lowest BCUT2D eigenvalue weighted by atomic mass is 9.99. The van der Waals surface area contributed by atoms with Crippen molar-refractivity contribution in [3.8, 4) is 0 Å². The van der Waals surface area contributed by atoms with E-state index in [9.17, 15) is 19.2 Å². The van der Waals surface area contributed by atoms with Crippen LogP contribution in [0.5, 0.6) is 0 Å². The van der Waals surface area contributed by atoms with E-state index in [-0.39, 0.29) is 22.2 Å². The van der Waals surface area contributed by atoms with E-state index < -0.39 is 34.6 Å². The number of halogens is 1. The molecule has 3 aromatic carbocycles. The number of nitrogens with one attached hydrogen (secondary N) is 1. The van der Waals surface area contributed by atoms with Crippen molar-refractivity contribution in [1.82, 2.24) is 5.32 Å². The number of hydrogen-bond donors (Lipinski definition) is 1. The van der Waals surface area contributed by atoms with E-state index in [0.717, 1.165) is 10.5 Å². The number of rotatable bonds is 6. The van der Waals surface area contributed by atoms with E-state index in [1.165, 1.54) is 42.7 Å². The molecule has 0 spiro atoms. The number of hydrogen-bond acceptors (Lipinski definition) is 5. The van der Waals surface area contributed by atoms with Gasteiger partial charge in [-0.25, -0.2) is 0 Å². The zero-order valence-electron chi connectivity index (χ0n) is 21.4. The largest absolute Gasteiger partial charge is 0.464 e. The third-order valence-electron chi connectivity index (χ3n) is 5.81. The maximum Gasteiger partial charge on any atom is 0.300 e. The predicted octanol–water partition coefficient (Wildman–Crippen LogP) is 5.63. The van der Waals surface area contributed by atoms with Crippen LogP contribution in [-0.2, 0) is 9.59 Å². The van der Waals surface area contributed by atoms with Crippen LogP contribution in [0.3, 0.4) is 0 Å². The van der Waals surface area contributed by atoms with Gasteiger partial charge in [0.2, 0.25) is 5.91 Å². The maximum absolute atomic E-state index is 13.9. The monoisotopic (exact) mass is 530 g/mol. The molecule has 0 aliphatic heterocycles. The first kappa shape index (κ1) is 26.8. The van der Waals surface area contributed by atoms with Gasteiger partial charge >= 0.3 is 0 Å². The van der Waals surface area contributed by atoms with Crippen LogP contribution in [0.15, 0.2) is 88.3 Å². The predicted molar refractivity (Wildman–Crippen MR) is 148 cm³/mol. The van der Waals surface area contributed by atoms with Crippen molar-refractivity contribution in [2.75, 3.05) is 4.90 Å². The van der Waals surface area contributed by atoms with Crippen molar-refractivity contribution in [3.63, 3.8) is 0 Å². The lowest BCUT2D eigenvalue weighted by Gasteiger charge is -2.33. The number of nitrogens with zero attached hydrogens (tertiary/aromatic N) is 1. The lowest BCUT2D eigenvalue weighted by molar-refractivity contribution is -0.126. The van der Waals surface area contributed by atoms with Crippen LogP contribution >= 0.6 is 11.6 Å². The molecule has 0 saturated heterocycles. The summed E-state index contributed by atoms with van der Waals surface area (Å²) in [4.78, 5) is 55.9. The number of benzene rings is 3. The van der Waals surface area contributed by atoms with Gasteiger partial charge < -0.3 is 9.73 Å². The Balaban J connectivity index is 1.97. The topological polar surface area (TPSA) is 96.7 Å². The molecule has 4 aromatic rings. The first-order valence-electron chi connectivity index (χ1n) is 12.0. The molecule has 7 nitrogen and oxygen atoms in total. The minimum atomic E-state index is -1.52. The molecule has 38 heavy (non-hydrogen) atoms. The molecule has 8 heteroatoms. The van der Waals surface area contributed by atoms with Gasteiger partial charge in [-0.2, -0.15) is 0 Å². The van der Waals surface area contributed by atoms with Crippen LogP contribution in [-0.4, -0.2) is 23.1 Å². The van der Waals surface area contributed by atoms with Gasteiger partial charge in [-0.1, -0.05) is 53.6 Å². The molecular formula is C30H27ClN2O5. The molecular weight excluding hydrogens is 504 g/mol. The number of aryl methyl sites for hydroxylation is 1. The summed E-state index contributed by atoms with van der Waals surface area (Å²) < 4.78 is 5.75. The van der Waals surface area contributed by atoms with E-state index in [1.807, 2.05) is 6.92 Å². The zero-order chi connectivity index (χ0) is 27.6. The van der Waals surface area contributed by atoms with Crippen molar-refractivity contribution in [2.24, 2.45) is 0 Å². The van der Waals surface area contributed by atoms with E-state index in [1.54, 1.807) is 57.2 Å². The summed E-state index contributed by atoms with van der Waals surface area (Å²) >= 11 is 6.09. The average Bonchev–Trinajstić information content (AvgIpc) is 2.87. The Morgan fingerprint density at radius 3 is 2.24 bits per heavy atom. The first-order valence-corrected chi connectivity index (χ1v) is 12.4. The maximum atomic E-state index is 13.9. The molecule has 4 rings (SSSR count). The van der Waals surface area contributed by atoms with Gasteiger partial charge in [0.15, 0.2) is 5.43 Å². The Labute approximate surface area is 225 Å². The van der Waals surface area contributed by atoms with Gasteiger partial charge in [0, 0.05) is 21.8 Å². The third-order valence-corrected chi connectivity index (χ3v) is 6.06. The standard InChI is InChI=1S/C30H27ClN2O5/c1-18-10-15-24-22(16-18)27(35)23(17-38-24)25(28(36)32-30(2,3)4)33(21-13-11-20(31)12-14-21)29(37)26(34)19-8-6-5-7-9-19/h5-17,25H,1-4H3,(H,32,36). The molecule has 194 valence electrons. The van der Waals surface area contributed by atoms with Gasteiger partial charge in [-0.3, -0.25) is 24.1 Å². The number of amides is 2. The Kier molecular flexibility index (Phi) is 7.51. The molecule has 0 aliphatic rings. The summed E-state index contributed by atoms with van der Waals surface area (Å²) in [7, 11) is 0. The minimum Gasteiger partial charge on any atom is -0.464 e. The van der Waals surface area contributed by atoms with Crippen LogP contribution in [0, 0.1) is 6.92 Å². The van der Waals surface area contributed by atoms with E-state index in [0.29, 0.717) is 10.6 Å². The number of carbonyl (C=O) groups excluding carboxylic acids is 3. The fourth-order valence-electron chi connectivity index (χ4n) is 4.09. The number of anilines is 1. The number of carbonyl (C=O) groups is 3. The third kappa shape index (κ3) is 5.68. The Bertz CT molecular complexity index is 1570. The minimum absolute atomic E-state index is 0.0889. The summed E-state index contributed by atoms with van der Waals surface area (Å²) in [5.41, 5.74) is 0.235. The van der Waals surface area contributed by atoms with Crippen LogP contribution in [0.2, 0.25) is 5.02 Å². The van der Waals surface area contributed by atoms with Crippen molar-refractivity contribution in [1.29, 1.82) is 0 Å². The smallest absolute Gasteiger partial charge is 0.300 e. The molecule has 2 amide bonds. The number of ketones is 1. The van der Waals surface area contributed by atoms with E-state index in [4.69, 9.17) is 16.0 Å². The second-order valence-corrected chi connectivity index (χ2v) is 10.4.